The number of carboxylic acid groups (broad SMARTS) is 1. The van der Waals surface area contributed by atoms with E-state index in [9.17, 15) is 39.7 Å². The molecule has 18 heteroatoms. The van der Waals surface area contributed by atoms with Gasteiger partial charge in [-0.3, -0.25) is 29.8 Å². The Morgan fingerprint density at radius 3 is 2.27 bits per heavy atom. The summed E-state index contributed by atoms with van der Waals surface area (Å²) < 4.78 is 12.0. The third-order valence-corrected chi connectivity index (χ3v) is 8.44. The van der Waals surface area contributed by atoms with Crippen molar-refractivity contribution in [3.05, 3.63) is 148 Å². The number of carboxylic acids is 1. The highest BCUT2D eigenvalue weighted by atomic mass is 35.5. The number of carbonyl (C=O) groups excluding carboxylic acids is 2. The lowest BCUT2D eigenvalue weighted by atomic mass is 9.89. The number of hydrogen-bond acceptors (Lipinski definition) is 11. The van der Waals surface area contributed by atoms with E-state index in [0.29, 0.717) is 4.88 Å². The Bertz CT molecular complexity index is 2040. The maximum absolute atomic E-state index is 13.7. The van der Waals surface area contributed by atoms with E-state index in [2.05, 4.69) is 15.6 Å². The average Bonchev–Trinajstić information content (AvgIpc) is 3.59. The van der Waals surface area contributed by atoms with Gasteiger partial charge in [0.15, 0.2) is 5.66 Å². The number of nitro groups is 2. The molecular weight excluding hydrogens is 705 g/mol. The number of pyridine rings is 1. The predicted molar refractivity (Wildman–Crippen MR) is 175 cm³/mol. The second-order valence-corrected chi connectivity index (χ2v) is 11.9. The first-order chi connectivity index (χ1) is 23.3. The summed E-state index contributed by atoms with van der Waals surface area (Å²) in [5.74, 6) is -6.54. The summed E-state index contributed by atoms with van der Waals surface area (Å²) in [6.45, 7) is -0.180. The van der Waals surface area contributed by atoms with Gasteiger partial charge in [0.1, 0.15) is 0 Å². The number of aromatic nitrogens is 1. The summed E-state index contributed by atoms with van der Waals surface area (Å²) in [5.41, 5.74) is -4.79. The fourth-order valence-electron chi connectivity index (χ4n) is 4.63. The van der Waals surface area contributed by atoms with Gasteiger partial charge in [-0.05, 0) is 47.9 Å². The third-order valence-electron chi connectivity index (χ3n) is 6.94. The largest absolute Gasteiger partial charge is 0.478 e. The van der Waals surface area contributed by atoms with Crippen LogP contribution < -0.4 is 15.4 Å². The number of nitro benzene ring substituents is 1. The summed E-state index contributed by atoms with van der Waals surface area (Å²) in [4.78, 5) is 66.7. The molecule has 15 nitrogen and oxygen atoms in total. The van der Waals surface area contributed by atoms with Crippen molar-refractivity contribution in [3.63, 3.8) is 0 Å². The van der Waals surface area contributed by atoms with Crippen molar-refractivity contribution >= 4 is 63.7 Å². The van der Waals surface area contributed by atoms with Crippen LogP contribution >= 0.6 is 34.5 Å². The number of nitrogens with one attached hydrogen (secondary N) is 2. The second kappa shape index (κ2) is 14.2. The number of nitrogens with zero attached hydrogens (tertiary/aromatic N) is 3. The molecular formula is C31H21Cl2N5O10S. The van der Waals surface area contributed by atoms with E-state index in [1.54, 1.807) is 23.6 Å². The van der Waals surface area contributed by atoms with Crippen LogP contribution in [-0.2, 0) is 16.1 Å². The van der Waals surface area contributed by atoms with E-state index >= 15 is 0 Å². The molecule has 0 fully saturated rings. The quantitative estimate of drug-likeness (QED) is 0.0698. The molecule has 2 unspecified atom stereocenters. The molecule has 0 saturated carbocycles. The van der Waals surface area contributed by atoms with Gasteiger partial charge in [-0.25, -0.2) is 9.78 Å². The van der Waals surface area contributed by atoms with Gasteiger partial charge in [0, 0.05) is 35.3 Å². The van der Waals surface area contributed by atoms with Gasteiger partial charge in [-0.1, -0.05) is 41.4 Å². The van der Waals surface area contributed by atoms with Gasteiger partial charge in [0.05, 0.1) is 43.2 Å². The van der Waals surface area contributed by atoms with Crippen LogP contribution in [0.15, 0.2) is 102 Å². The molecule has 2 amide bonds. The number of hydrogen-bond donors (Lipinski definition) is 3. The molecule has 2 atom stereocenters. The first kappa shape index (κ1) is 34.6. The summed E-state index contributed by atoms with van der Waals surface area (Å²) in [5, 5.41) is 40.2. The standard InChI is InChI=1S/C31H21Cl2N5O10S/c32-23-7-2-1-6-20(23)26(39)35-31(36-27(40)21-15-18(37(43)44)9-10-24(21)33)12-11-30(16-22(31)29(41)42,47-17-19-5-4-14-49-19)48-28-25(38(45)46)8-3-13-34-28/h1-16H,17H2,(H,35,39)(H,36,40)(H,41,42). The smallest absolute Gasteiger partial charge is 0.336 e. The Hall–Kier alpha value is -5.68. The maximum Gasteiger partial charge on any atom is 0.336 e. The Balaban J connectivity index is 1.66. The Morgan fingerprint density at radius 1 is 0.898 bits per heavy atom. The number of aliphatic carboxylic acids is 1. The monoisotopic (exact) mass is 725 g/mol. The zero-order valence-corrected chi connectivity index (χ0v) is 26.9. The zero-order valence-electron chi connectivity index (χ0n) is 24.6. The molecule has 4 aromatic rings. The molecule has 1 aliphatic carbocycles. The Kier molecular flexibility index (Phi) is 10.0. The van der Waals surface area contributed by atoms with E-state index in [4.69, 9.17) is 32.7 Å². The van der Waals surface area contributed by atoms with E-state index in [0.717, 1.165) is 42.5 Å². The summed E-state index contributed by atoms with van der Waals surface area (Å²) >= 11 is 13.7. The number of carbonyl (C=O) groups is 3. The van der Waals surface area contributed by atoms with Crippen molar-refractivity contribution in [2.45, 2.75) is 18.1 Å². The number of rotatable bonds is 12. The van der Waals surface area contributed by atoms with E-state index in [1.165, 1.54) is 41.8 Å². The predicted octanol–water partition coefficient (Wildman–Crippen LogP) is 5.70. The first-order valence-electron chi connectivity index (χ1n) is 13.8. The van der Waals surface area contributed by atoms with Crippen LogP contribution in [0.4, 0.5) is 11.4 Å². The highest BCUT2D eigenvalue weighted by Gasteiger charge is 2.48. The molecule has 0 spiro atoms. The van der Waals surface area contributed by atoms with Gasteiger partial charge in [-0.15, -0.1) is 11.3 Å². The van der Waals surface area contributed by atoms with Crippen molar-refractivity contribution in [1.29, 1.82) is 0 Å². The minimum absolute atomic E-state index is 0.0109. The van der Waals surface area contributed by atoms with Gasteiger partial charge in [0.25, 0.3) is 29.2 Å². The number of non-ortho nitro benzene ring substituents is 1. The number of benzene rings is 2. The van der Waals surface area contributed by atoms with Crippen LogP contribution in [0.3, 0.4) is 0 Å². The molecule has 49 heavy (non-hydrogen) atoms. The van der Waals surface area contributed by atoms with E-state index in [1.807, 2.05) is 0 Å². The van der Waals surface area contributed by atoms with Gasteiger partial charge in [-0.2, -0.15) is 0 Å². The van der Waals surface area contributed by atoms with Crippen LogP contribution in [0, 0.1) is 20.2 Å². The number of ether oxygens (including phenoxy) is 2. The molecule has 0 aliphatic heterocycles. The maximum atomic E-state index is 13.7. The lowest BCUT2D eigenvalue weighted by molar-refractivity contribution is -0.387. The fourth-order valence-corrected chi connectivity index (χ4v) is 5.67. The Morgan fingerprint density at radius 2 is 1.61 bits per heavy atom. The van der Waals surface area contributed by atoms with Crippen LogP contribution in [-0.4, -0.2) is 49.2 Å². The van der Waals surface area contributed by atoms with Gasteiger partial charge >= 0.3 is 11.7 Å². The molecule has 2 aromatic heterocycles. The van der Waals surface area contributed by atoms with Crippen molar-refractivity contribution in [2.75, 3.05) is 0 Å². The molecule has 1 aliphatic rings. The summed E-state index contributed by atoms with van der Waals surface area (Å²) in [7, 11) is 0. The van der Waals surface area contributed by atoms with Crippen molar-refractivity contribution < 1.29 is 38.8 Å². The molecule has 2 aromatic carbocycles. The van der Waals surface area contributed by atoms with Crippen LogP contribution in [0.5, 0.6) is 5.88 Å². The molecule has 0 saturated heterocycles. The van der Waals surface area contributed by atoms with E-state index in [-0.39, 0.29) is 22.2 Å². The van der Waals surface area contributed by atoms with Crippen LogP contribution in [0.1, 0.15) is 25.6 Å². The van der Waals surface area contributed by atoms with E-state index < -0.39 is 67.5 Å². The highest BCUT2D eigenvalue weighted by molar-refractivity contribution is 7.09. The second-order valence-electron chi connectivity index (χ2n) is 10.1. The minimum atomic E-state index is -2.43. The van der Waals surface area contributed by atoms with Crippen LogP contribution in [0.25, 0.3) is 0 Å². The third kappa shape index (κ3) is 7.57. The molecule has 0 radical (unpaired) electrons. The summed E-state index contributed by atoms with van der Waals surface area (Å²) in [6, 6.07) is 14.7. The topological polar surface area (TPSA) is 213 Å². The minimum Gasteiger partial charge on any atom is -0.478 e. The summed E-state index contributed by atoms with van der Waals surface area (Å²) in [6.07, 6.45) is 4.25. The number of thiophene rings is 1. The van der Waals surface area contributed by atoms with Gasteiger partial charge < -0.3 is 25.2 Å². The SMILES string of the molecule is O=C(O)C1=CC(OCc2cccs2)(Oc2ncccc2[N+](=O)[O-])C=CC1(NC(=O)c1ccccc1Cl)NC(=O)c1cc([N+](=O)[O-])ccc1Cl. The Labute approximate surface area is 289 Å². The lowest BCUT2D eigenvalue weighted by Crippen LogP contribution is -2.64. The molecule has 5 rings (SSSR count). The molecule has 2 heterocycles. The first-order valence-corrected chi connectivity index (χ1v) is 15.4. The number of amides is 2. The fraction of sp³-hybridized carbons (Fsp3) is 0.0968. The molecule has 0 bridgehead atoms. The van der Waals surface area contributed by atoms with Crippen molar-refractivity contribution in [1.82, 2.24) is 15.6 Å². The van der Waals surface area contributed by atoms with Crippen molar-refractivity contribution in [2.24, 2.45) is 0 Å². The van der Waals surface area contributed by atoms with Crippen LogP contribution in [0.2, 0.25) is 10.0 Å². The highest BCUT2D eigenvalue weighted by Crippen LogP contribution is 2.36. The zero-order chi connectivity index (χ0) is 35.3. The van der Waals surface area contributed by atoms with Gasteiger partial charge in [0.2, 0.25) is 0 Å². The van der Waals surface area contributed by atoms with Crippen molar-refractivity contribution in [3.8, 4) is 5.88 Å². The normalized spacial score (nSPS) is 18.2. The average molecular weight is 727 g/mol. The number of halogens is 2. The molecule has 3 N–H and O–H groups in total. The molecule has 250 valence electrons. The lowest BCUT2D eigenvalue weighted by Gasteiger charge is -2.40.